The van der Waals surface area contributed by atoms with Gasteiger partial charge < -0.3 is 19.3 Å². The van der Waals surface area contributed by atoms with Crippen LogP contribution in [-0.2, 0) is 10.0 Å². The lowest BCUT2D eigenvalue weighted by Gasteiger charge is -2.07. The average molecular weight is 511 g/mol. The molecule has 0 saturated carbocycles. The lowest BCUT2D eigenvalue weighted by atomic mass is 10.1. The van der Waals surface area contributed by atoms with E-state index in [-0.39, 0.29) is 35.3 Å². The summed E-state index contributed by atoms with van der Waals surface area (Å²) in [5.41, 5.74) is 1.42. The van der Waals surface area contributed by atoms with Crippen molar-refractivity contribution in [3.05, 3.63) is 71.8 Å². The van der Waals surface area contributed by atoms with Crippen molar-refractivity contribution in [1.29, 1.82) is 0 Å². The molecule has 0 aliphatic heterocycles. The number of benzene rings is 3. The molecular weight excluding hydrogens is 484 g/mol. The minimum atomic E-state index is -4.13. The van der Waals surface area contributed by atoms with E-state index in [1.807, 2.05) is 0 Å². The average Bonchev–Trinajstić information content (AvgIpc) is 3.26. The number of carbonyl (C=O) groups is 1. The number of ether oxygens (including phenoxy) is 3. The van der Waals surface area contributed by atoms with Gasteiger partial charge in [0.15, 0.2) is 5.78 Å². The maximum atomic E-state index is 13.3. The van der Waals surface area contributed by atoms with Crippen LogP contribution in [0.4, 0.5) is 0 Å². The Labute approximate surface area is 208 Å². The molecule has 3 aromatic carbocycles. The summed E-state index contributed by atoms with van der Waals surface area (Å²) in [6.07, 6.45) is 0.650. The first kappa shape index (κ1) is 25.1. The number of ketones is 1. The van der Waals surface area contributed by atoms with Crippen molar-refractivity contribution in [1.82, 2.24) is 9.19 Å². The number of carbonyl (C=O) groups excluding carboxylic acids is 1. The van der Waals surface area contributed by atoms with E-state index in [4.69, 9.17) is 14.2 Å². The van der Waals surface area contributed by atoms with Crippen LogP contribution in [0.1, 0.15) is 28.8 Å². The second kappa shape index (κ2) is 10.3. The number of methoxy groups -OCH3 is 2. The lowest BCUT2D eigenvalue weighted by molar-refractivity contribution is 0.0973. The highest BCUT2D eigenvalue weighted by Gasteiger charge is 2.25. The number of aryl methyl sites for hydroxylation is 1. The molecule has 1 aromatic heterocycles. The zero-order valence-corrected chi connectivity index (χ0v) is 20.9. The van der Waals surface area contributed by atoms with Gasteiger partial charge in [-0.3, -0.25) is 4.79 Å². The van der Waals surface area contributed by atoms with E-state index < -0.39 is 10.0 Å². The van der Waals surface area contributed by atoms with Crippen LogP contribution in [0.15, 0.2) is 65.6 Å². The Morgan fingerprint density at radius 2 is 1.67 bits per heavy atom. The number of phenolic OH excluding ortho intramolecular Hbond substituents is 1. The maximum absolute atomic E-state index is 13.3. The molecule has 4 aromatic rings. The highest BCUT2D eigenvalue weighted by Crippen LogP contribution is 2.32. The molecule has 188 valence electrons. The van der Waals surface area contributed by atoms with Gasteiger partial charge in [0.25, 0.3) is 10.0 Å². The number of aromatic nitrogens is 2. The van der Waals surface area contributed by atoms with Crippen LogP contribution in [0.2, 0.25) is 0 Å². The smallest absolute Gasteiger partial charge is 0.283 e. The van der Waals surface area contributed by atoms with Crippen LogP contribution in [0.3, 0.4) is 0 Å². The predicted molar refractivity (Wildman–Crippen MR) is 134 cm³/mol. The number of Topliss-reactive ketones (excluding diaryl/α,β-unsaturated/α-hetero) is 1. The molecular formula is C26H26N2O7S. The Kier molecular flexibility index (Phi) is 7.16. The molecule has 0 bridgehead atoms. The molecule has 1 N–H and O–H groups in total. The maximum Gasteiger partial charge on any atom is 0.283 e. The van der Waals surface area contributed by atoms with Crippen molar-refractivity contribution in [2.45, 2.75) is 24.7 Å². The fourth-order valence-electron chi connectivity index (χ4n) is 3.63. The summed E-state index contributed by atoms with van der Waals surface area (Å²) < 4.78 is 43.8. The molecule has 4 rings (SSSR count). The molecule has 0 aliphatic carbocycles. The Morgan fingerprint density at radius 1 is 0.972 bits per heavy atom. The monoisotopic (exact) mass is 510 g/mol. The first-order valence-electron chi connectivity index (χ1n) is 11.2. The van der Waals surface area contributed by atoms with Gasteiger partial charge in [-0.25, -0.2) is 0 Å². The summed E-state index contributed by atoms with van der Waals surface area (Å²) in [4.78, 5) is 12.4. The summed E-state index contributed by atoms with van der Waals surface area (Å²) in [6.45, 7) is 1.82. The predicted octanol–water partition coefficient (Wildman–Crippen LogP) is 4.35. The highest BCUT2D eigenvalue weighted by atomic mass is 32.2. The minimum Gasteiger partial charge on any atom is -0.508 e. The third-order valence-electron chi connectivity index (χ3n) is 5.73. The van der Waals surface area contributed by atoms with E-state index >= 15 is 0 Å². The van der Waals surface area contributed by atoms with Gasteiger partial charge in [0, 0.05) is 18.1 Å². The van der Waals surface area contributed by atoms with E-state index in [0.29, 0.717) is 39.9 Å². The van der Waals surface area contributed by atoms with Crippen molar-refractivity contribution in [2.24, 2.45) is 0 Å². The SMILES string of the molecule is COc1ccc(C(=O)CCCOc2nn(S(=O)(=O)c3ccc(C)c(O)c3)c3ccc(OC)cc23)cc1. The normalized spacial score (nSPS) is 11.4. The summed E-state index contributed by atoms with van der Waals surface area (Å²) in [6, 6.07) is 15.8. The summed E-state index contributed by atoms with van der Waals surface area (Å²) >= 11 is 0. The Balaban J connectivity index is 1.56. The van der Waals surface area contributed by atoms with Crippen molar-refractivity contribution < 1.29 is 32.5 Å². The molecule has 10 heteroatoms. The van der Waals surface area contributed by atoms with Gasteiger partial charge in [0.1, 0.15) is 17.2 Å². The zero-order valence-electron chi connectivity index (χ0n) is 20.1. The molecule has 1 heterocycles. The number of hydrogen-bond acceptors (Lipinski definition) is 8. The van der Waals surface area contributed by atoms with Crippen LogP contribution in [0.5, 0.6) is 23.1 Å². The number of phenols is 1. The molecule has 0 amide bonds. The minimum absolute atomic E-state index is 0.0416. The molecule has 0 aliphatic rings. The van der Waals surface area contributed by atoms with Gasteiger partial charge in [-0.05, 0) is 67.4 Å². The second-order valence-corrected chi connectivity index (χ2v) is 9.86. The molecule has 0 atom stereocenters. The van der Waals surface area contributed by atoms with Crippen molar-refractivity contribution in [2.75, 3.05) is 20.8 Å². The van der Waals surface area contributed by atoms with Crippen LogP contribution < -0.4 is 14.2 Å². The molecule has 36 heavy (non-hydrogen) atoms. The number of fused-ring (bicyclic) bond motifs is 1. The van der Waals surface area contributed by atoms with E-state index in [9.17, 15) is 18.3 Å². The Morgan fingerprint density at radius 3 is 2.33 bits per heavy atom. The third-order valence-corrected chi connectivity index (χ3v) is 7.31. The van der Waals surface area contributed by atoms with Gasteiger partial charge in [-0.2, -0.15) is 8.42 Å². The van der Waals surface area contributed by atoms with Gasteiger partial charge in [0.05, 0.1) is 36.6 Å². The summed E-state index contributed by atoms with van der Waals surface area (Å²) in [5.74, 6) is 1.10. The molecule has 9 nitrogen and oxygen atoms in total. The van der Waals surface area contributed by atoms with Crippen LogP contribution in [0, 0.1) is 6.92 Å². The molecule has 0 saturated heterocycles. The lowest BCUT2D eigenvalue weighted by Crippen LogP contribution is -2.14. The first-order valence-corrected chi connectivity index (χ1v) is 12.6. The molecule has 0 spiro atoms. The van der Waals surface area contributed by atoms with Crippen molar-refractivity contribution in [3.8, 4) is 23.1 Å². The van der Waals surface area contributed by atoms with Crippen LogP contribution in [-0.4, -0.2) is 49.3 Å². The van der Waals surface area contributed by atoms with Crippen molar-refractivity contribution >= 4 is 26.7 Å². The van der Waals surface area contributed by atoms with Crippen molar-refractivity contribution in [3.63, 3.8) is 0 Å². The quantitative estimate of drug-likeness (QED) is 0.247. The fourth-order valence-corrected chi connectivity index (χ4v) is 4.93. The number of aromatic hydroxyl groups is 1. The van der Waals surface area contributed by atoms with E-state index in [1.165, 1.54) is 25.3 Å². The zero-order chi connectivity index (χ0) is 25.9. The topological polar surface area (TPSA) is 117 Å². The highest BCUT2D eigenvalue weighted by molar-refractivity contribution is 7.90. The van der Waals surface area contributed by atoms with E-state index in [1.54, 1.807) is 56.5 Å². The van der Waals surface area contributed by atoms with Crippen LogP contribution in [0.25, 0.3) is 10.9 Å². The summed E-state index contributed by atoms with van der Waals surface area (Å²) in [7, 11) is -1.07. The fraction of sp³-hybridized carbons (Fsp3) is 0.231. The van der Waals surface area contributed by atoms with Gasteiger partial charge in [-0.1, -0.05) is 6.07 Å². The largest absolute Gasteiger partial charge is 0.508 e. The number of nitrogens with zero attached hydrogens (tertiary/aromatic N) is 2. The standard InChI is InChI=1S/C26H26N2O7S/c1-17-6-12-21(16-25(17)30)36(31,32)28-23-13-11-20(34-3)15-22(23)26(27-28)35-14-4-5-24(29)18-7-9-19(33-2)10-8-18/h6-13,15-16,30H,4-5,14H2,1-3H3. The Bertz CT molecular complexity index is 1510. The van der Waals surface area contributed by atoms with E-state index in [2.05, 4.69) is 5.10 Å². The van der Waals surface area contributed by atoms with Gasteiger partial charge in [-0.15, -0.1) is 9.19 Å². The molecule has 0 fully saturated rings. The van der Waals surface area contributed by atoms with Gasteiger partial charge in [0.2, 0.25) is 5.88 Å². The van der Waals surface area contributed by atoms with E-state index in [0.717, 1.165) is 4.09 Å². The summed E-state index contributed by atoms with van der Waals surface area (Å²) in [5, 5.41) is 14.7. The van der Waals surface area contributed by atoms with Gasteiger partial charge >= 0.3 is 0 Å². The first-order chi connectivity index (χ1) is 17.2. The molecule has 0 unspecified atom stereocenters. The Hall–Kier alpha value is -4.05. The second-order valence-electron chi connectivity index (χ2n) is 8.09. The third kappa shape index (κ3) is 4.99. The molecule has 0 radical (unpaired) electrons. The van der Waals surface area contributed by atoms with Crippen LogP contribution >= 0.6 is 0 Å². The number of hydrogen-bond donors (Lipinski definition) is 1. The number of rotatable bonds is 10.